The first kappa shape index (κ1) is 14.1. The van der Waals surface area contributed by atoms with Crippen LogP contribution in [0.3, 0.4) is 0 Å². The Labute approximate surface area is 107 Å². The molecule has 17 heavy (non-hydrogen) atoms. The molecule has 1 atom stereocenters. The van der Waals surface area contributed by atoms with Gasteiger partial charge in [-0.2, -0.15) is 0 Å². The normalized spacial score (nSPS) is 12.5. The van der Waals surface area contributed by atoms with Crippen molar-refractivity contribution in [2.45, 2.75) is 25.1 Å². The summed E-state index contributed by atoms with van der Waals surface area (Å²) in [7, 11) is 0. The maximum absolute atomic E-state index is 11.6. The van der Waals surface area contributed by atoms with E-state index >= 15 is 0 Å². The van der Waals surface area contributed by atoms with Gasteiger partial charge in [-0.05, 0) is 10.8 Å². The van der Waals surface area contributed by atoms with Crippen molar-refractivity contribution in [2.24, 2.45) is 0 Å². The summed E-state index contributed by atoms with van der Waals surface area (Å²) in [6.45, 7) is 4.03. The first-order chi connectivity index (χ1) is 8.13. The third-order valence-corrected chi connectivity index (χ3v) is 3.36. The number of aliphatic hydroxyl groups excluding tert-OH is 1. The molecular weight excluding hydrogens is 234 g/mol. The fourth-order valence-electron chi connectivity index (χ4n) is 1.40. The number of nitrogens with one attached hydrogen (secondary N) is 1. The predicted molar refractivity (Wildman–Crippen MR) is 72.0 cm³/mol. The van der Waals surface area contributed by atoms with Crippen molar-refractivity contribution in [1.29, 1.82) is 0 Å². The fraction of sp³-hybridized carbons (Fsp3) is 0.462. The summed E-state index contributed by atoms with van der Waals surface area (Å²) < 4.78 is 0. The van der Waals surface area contributed by atoms with Crippen molar-refractivity contribution in [1.82, 2.24) is 5.32 Å². The van der Waals surface area contributed by atoms with E-state index in [9.17, 15) is 9.90 Å². The maximum Gasteiger partial charge on any atom is 0.230 e. The second-order valence-corrected chi connectivity index (χ2v) is 5.64. The average Bonchev–Trinajstić information content (AvgIpc) is 2.34. The van der Waals surface area contributed by atoms with Crippen molar-refractivity contribution in [2.75, 3.05) is 12.4 Å². The molecule has 0 saturated carbocycles. The van der Waals surface area contributed by atoms with Gasteiger partial charge >= 0.3 is 0 Å². The van der Waals surface area contributed by atoms with Gasteiger partial charge in [0.1, 0.15) is 0 Å². The lowest BCUT2D eigenvalue weighted by atomic mass is 10.1. The SMILES string of the molecule is CC(C)SCC(=O)NC(CO)c1ccccc1. The lowest BCUT2D eigenvalue weighted by Crippen LogP contribution is -2.32. The molecule has 0 aliphatic carbocycles. The van der Waals surface area contributed by atoms with Gasteiger partial charge in [-0.1, -0.05) is 44.2 Å². The van der Waals surface area contributed by atoms with Crippen LogP contribution >= 0.6 is 11.8 Å². The molecule has 2 N–H and O–H groups in total. The number of hydrogen-bond acceptors (Lipinski definition) is 3. The van der Waals surface area contributed by atoms with E-state index in [2.05, 4.69) is 19.2 Å². The summed E-state index contributed by atoms with van der Waals surface area (Å²) >= 11 is 1.59. The summed E-state index contributed by atoms with van der Waals surface area (Å²) in [5.41, 5.74) is 0.929. The third kappa shape index (κ3) is 5.24. The van der Waals surface area contributed by atoms with Gasteiger partial charge in [0.15, 0.2) is 0 Å². The van der Waals surface area contributed by atoms with Gasteiger partial charge in [0.2, 0.25) is 5.91 Å². The molecule has 0 aliphatic rings. The van der Waals surface area contributed by atoms with Crippen molar-refractivity contribution >= 4 is 17.7 Å². The Morgan fingerprint density at radius 2 is 2.00 bits per heavy atom. The molecule has 0 bridgehead atoms. The zero-order valence-electron chi connectivity index (χ0n) is 10.2. The minimum absolute atomic E-state index is 0.0356. The number of amides is 1. The fourth-order valence-corrected chi connectivity index (χ4v) is 1.97. The van der Waals surface area contributed by atoms with Gasteiger partial charge in [-0.15, -0.1) is 11.8 Å². The van der Waals surface area contributed by atoms with E-state index in [1.807, 2.05) is 30.3 Å². The molecule has 1 aromatic carbocycles. The van der Waals surface area contributed by atoms with E-state index in [0.717, 1.165) is 5.56 Å². The molecule has 0 saturated heterocycles. The number of aliphatic hydroxyl groups is 1. The molecule has 1 aromatic rings. The molecule has 0 spiro atoms. The van der Waals surface area contributed by atoms with E-state index in [4.69, 9.17) is 0 Å². The number of carbonyl (C=O) groups excluding carboxylic acids is 1. The lowest BCUT2D eigenvalue weighted by molar-refractivity contribution is -0.119. The molecule has 1 unspecified atom stereocenters. The molecule has 1 rings (SSSR count). The van der Waals surface area contributed by atoms with Crippen LogP contribution in [0.4, 0.5) is 0 Å². The summed E-state index contributed by atoms with van der Waals surface area (Å²) in [6.07, 6.45) is 0. The second-order valence-electron chi connectivity index (χ2n) is 4.07. The van der Waals surface area contributed by atoms with Crippen LogP contribution in [0.15, 0.2) is 30.3 Å². The highest BCUT2D eigenvalue weighted by molar-refractivity contribution is 8.00. The molecule has 1 amide bonds. The standard InChI is InChI=1S/C13H19NO2S/c1-10(2)17-9-13(16)14-12(8-15)11-6-4-3-5-7-11/h3-7,10,12,15H,8-9H2,1-2H3,(H,14,16). The van der Waals surface area contributed by atoms with E-state index in [0.29, 0.717) is 11.0 Å². The number of benzene rings is 1. The van der Waals surface area contributed by atoms with Crippen molar-refractivity contribution in [3.8, 4) is 0 Å². The van der Waals surface area contributed by atoms with Crippen LogP contribution in [-0.2, 0) is 4.79 Å². The van der Waals surface area contributed by atoms with Crippen LogP contribution in [0.25, 0.3) is 0 Å². The molecule has 0 fully saturated rings. The van der Waals surface area contributed by atoms with Crippen LogP contribution in [0.5, 0.6) is 0 Å². The molecule has 0 aromatic heterocycles. The minimum Gasteiger partial charge on any atom is -0.394 e. The summed E-state index contributed by atoms with van der Waals surface area (Å²) in [4.78, 5) is 11.6. The maximum atomic E-state index is 11.6. The molecule has 0 radical (unpaired) electrons. The van der Waals surface area contributed by atoms with E-state index < -0.39 is 0 Å². The lowest BCUT2D eigenvalue weighted by Gasteiger charge is -2.16. The number of thioether (sulfide) groups is 1. The van der Waals surface area contributed by atoms with Crippen LogP contribution in [-0.4, -0.2) is 28.6 Å². The first-order valence-corrected chi connectivity index (χ1v) is 6.75. The Morgan fingerprint density at radius 1 is 1.35 bits per heavy atom. The third-order valence-electron chi connectivity index (χ3n) is 2.27. The van der Waals surface area contributed by atoms with Gasteiger partial charge < -0.3 is 10.4 Å². The molecule has 94 valence electrons. The Bertz CT molecular complexity index is 341. The zero-order chi connectivity index (χ0) is 12.7. The van der Waals surface area contributed by atoms with Gasteiger partial charge in [-0.3, -0.25) is 4.79 Å². The van der Waals surface area contributed by atoms with Gasteiger partial charge in [0.25, 0.3) is 0 Å². The smallest absolute Gasteiger partial charge is 0.230 e. The largest absolute Gasteiger partial charge is 0.394 e. The molecule has 3 nitrogen and oxygen atoms in total. The average molecular weight is 253 g/mol. The van der Waals surface area contributed by atoms with Crippen molar-refractivity contribution < 1.29 is 9.90 Å². The predicted octanol–water partition coefficient (Wildman–Crippen LogP) is 1.98. The monoisotopic (exact) mass is 253 g/mol. The van der Waals surface area contributed by atoms with Crippen LogP contribution in [0, 0.1) is 0 Å². The molecule has 0 heterocycles. The Balaban J connectivity index is 2.50. The Kier molecular flexibility index (Phi) is 6.08. The highest BCUT2D eigenvalue weighted by Gasteiger charge is 2.13. The number of rotatable bonds is 6. The highest BCUT2D eigenvalue weighted by Crippen LogP contribution is 2.13. The number of carbonyl (C=O) groups is 1. The Hall–Kier alpha value is -1.00. The van der Waals surface area contributed by atoms with Crippen LogP contribution in [0.1, 0.15) is 25.5 Å². The minimum atomic E-state index is -0.309. The summed E-state index contributed by atoms with van der Waals surface area (Å²) in [6, 6.07) is 9.19. The number of hydrogen-bond donors (Lipinski definition) is 2. The van der Waals surface area contributed by atoms with Crippen molar-refractivity contribution in [3.63, 3.8) is 0 Å². The van der Waals surface area contributed by atoms with E-state index in [-0.39, 0.29) is 18.6 Å². The topological polar surface area (TPSA) is 49.3 Å². The second kappa shape index (κ2) is 7.35. The highest BCUT2D eigenvalue weighted by atomic mass is 32.2. The summed E-state index contributed by atoms with van der Waals surface area (Å²) in [5, 5.41) is 12.5. The first-order valence-electron chi connectivity index (χ1n) is 5.70. The molecular formula is C13H19NO2S. The van der Waals surface area contributed by atoms with Crippen LogP contribution in [0.2, 0.25) is 0 Å². The van der Waals surface area contributed by atoms with Gasteiger partial charge in [0, 0.05) is 0 Å². The van der Waals surface area contributed by atoms with E-state index in [1.165, 1.54) is 0 Å². The Morgan fingerprint density at radius 3 is 2.53 bits per heavy atom. The quantitative estimate of drug-likeness (QED) is 0.815. The van der Waals surface area contributed by atoms with Gasteiger partial charge in [-0.25, -0.2) is 0 Å². The molecule has 4 heteroatoms. The zero-order valence-corrected chi connectivity index (χ0v) is 11.0. The summed E-state index contributed by atoms with van der Waals surface area (Å²) in [5.74, 6) is 0.396. The van der Waals surface area contributed by atoms with E-state index in [1.54, 1.807) is 11.8 Å². The van der Waals surface area contributed by atoms with Gasteiger partial charge in [0.05, 0.1) is 18.4 Å². The molecule has 0 aliphatic heterocycles. The van der Waals surface area contributed by atoms with Crippen molar-refractivity contribution in [3.05, 3.63) is 35.9 Å². The van der Waals surface area contributed by atoms with Crippen LogP contribution < -0.4 is 5.32 Å².